The molecule has 0 aromatic heterocycles. The zero-order chi connectivity index (χ0) is 19.2. The summed E-state index contributed by atoms with van der Waals surface area (Å²) in [5, 5.41) is 2.69. The fraction of sp³-hybridized carbons (Fsp3) is 0.273. The van der Waals surface area contributed by atoms with Crippen LogP contribution in [-0.4, -0.2) is 29.8 Å². The first-order chi connectivity index (χ1) is 13.0. The second-order valence-electron chi connectivity index (χ2n) is 6.75. The molecular formula is C22H23FN2O2. The Bertz CT molecular complexity index is 853. The maximum absolute atomic E-state index is 14.1. The average Bonchev–Trinajstić information content (AvgIpc) is 2.69. The molecule has 0 atom stereocenters. The summed E-state index contributed by atoms with van der Waals surface area (Å²) < 4.78 is 14.1. The van der Waals surface area contributed by atoms with Crippen LogP contribution in [0.2, 0.25) is 0 Å². The summed E-state index contributed by atoms with van der Waals surface area (Å²) in [6.07, 6.45) is 4.37. The number of aryl methyl sites for hydroxylation is 1. The molecule has 0 spiro atoms. The van der Waals surface area contributed by atoms with E-state index in [0.29, 0.717) is 18.7 Å². The lowest BCUT2D eigenvalue weighted by Crippen LogP contribution is -2.41. The highest BCUT2D eigenvalue weighted by atomic mass is 19.1. The Hall–Kier alpha value is -2.95. The van der Waals surface area contributed by atoms with E-state index < -0.39 is 5.82 Å². The molecule has 5 heteroatoms. The first-order valence-corrected chi connectivity index (χ1v) is 9.18. The number of hydrogen-bond donors (Lipinski definition) is 1. The Morgan fingerprint density at radius 1 is 1.00 bits per heavy atom. The predicted molar refractivity (Wildman–Crippen MR) is 103 cm³/mol. The highest BCUT2D eigenvalue weighted by Crippen LogP contribution is 2.16. The Morgan fingerprint density at radius 3 is 2.33 bits per heavy atom. The minimum atomic E-state index is -0.439. The van der Waals surface area contributed by atoms with Crippen molar-refractivity contribution in [3.63, 3.8) is 0 Å². The van der Waals surface area contributed by atoms with Gasteiger partial charge in [-0.2, -0.15) is 0 Å². The molecule has 1 N–H and O–H groups in total. The number of nitrogens with zero attached hydrogens (tertiary/aromatic N) is 1. The van der Waals surface area contributed by atoms with Crippen molar-refractivity contribution >= 4 is 17.9 Å². The first-order valence-electron chi connectivity index (χ1n) is 9.18. The zero-order valence-corrected chi connectivity index (χ0v) is 15.4. The van der Waals surface area contributed by atoms with Gasteiger partial charge in [0.05, 0.1) is 0 Å². The van der Waals surface area contributed by atoms with Gasteiger partial charge in [0.2, 0.25) is 0 Å². The number of rotatable bonds is 4. The molecule has 140 valence electrons. The van der Waals surface area contributed by atoms with E-state index in [4.69, 9.17) is 0 Å². The number of likely N-dealkylation sites (tertiary alicyclic amines) is 1. The lowest BCUT2D eigenvalue weighted by atomic mass is 10.1. The average molecular weight is 366 g/mol. The highest BCUT2D eigenvalue weighted by Gasteiger charge is 2.22. The molecule has 1 heterocycles. The lowest BCUT2D eigenvalue weighted by Gasteiger charge is -2.27. The van der Waals surface area contributed by atoms with E-state index >= 15 is 0 Å². The zero-order valence-electron chi connectivity index (χ0n) is 15.4. The van der Waals surface area contributed by atoms with Gasteiger partial charge in [-0.25, -0.2) is 4.39 Å². The summed E-state index contributed by atoms with van der Waals surface area (Å²) in [6.45, 7) is 3.23. The van der Waals surface area contributed by atoms with E-state index in [1.165, 1.54) is 12.1 Å². The molecule has 3 rings (SSSR count). The van der Waals surface area contributed by atoms with Gasteiger partial charge in [0, 0.05) is 24.2 Å². The van der Waals surface area contributed by atoms with Crippen LogP contribution in [0.25, 0.3) is 6.08 Å². The number of piperidine rings is 1. The SMILES string of the molecule is Cc1ccc(C(=O)N/C(=C\c2ccccc2F)C(=O)N2CCCCC2)cc1. The molecule has 2 amide bonds. The summed E-state index contributed by atoms with van der Waals surface area (Å²) in [4.78, 5) is 27.3. The summed E-state index contributed by atoms with van der Waals surface area (Å²) in [5.74, 6) is -1.10. The number of benzene rings is 2. The second kappa shape index (κ2) is 8.62. The van der Waals surface area contributed by atoms with Crippen molar-refractivity contribution < 1.29 is 14.0 Å². The highest BCUT2D eigenvalue weighted by molar-refractivity contribution is 6.05. The normalized spacial score (nSPS) is 14.7. The quantitative estimate of drug-likeness (QED) is 0.834. The molecule has 0 aliphatic carbocycles. The van der Waals surface area contributed by atoms with Crippen molar-refractivity contribution in [1.82, 2.24) is 10.2 Å². The summed E-state index contributed by atoms with van der Waals surface area (Å²) in [5.41, 5.74) is 1.85. The van der Waals surface area contributed by atoms with E-state index in [9.17, 15) is 14.0 Å². The summed E-state index contributed by atoms with van der Waals surface area (Å²) in [7, 11) is 0. The van der Waals surface area contributed by atoms with E-state index in [1.54, 1.807) is 35.2 Å². The van der Waals surface area contributed by atoms with E-state index in [1.807, 2.05) is 19.1 Å². The van der Waals surface area contributed by atoms with Crippen molar-refractivity contribution in [3.05, 3.63) is 76.7 Å². The molecule has 0 bridgehead atoms. The number of hydrogen-bond acceptors (Lipinski definition) is 2. The van der Waals surface area contributed by atoms with Crippen molar-refractivity contribution in [3.8, 4) is 0 Å². The molecule has 1 aliphatic heterocycles. The molecule has 1 saturated heterocycles. The monoisotopic (exact) mass is 366 g/mol. The van der Waals surface area contributed by atoms with Gasteiger partial charge in [0.25, 0.3) is 11.8 Å². The van der Waals surface area contributed by atoms with Crippen molar-refractivity contribution in [1.29, 1.82) is 0 Å². The van der Waals surface area contributed by atoms with Crippen LogP contribution in [0.1, 0.15) is 40.7 Å². The van der Waals surface area contributed by atoms with Crippen LogP contribution < -0.4 is 5.32 Å². The summed E-state index contributed by atoms with van der Waals surface area (Å²) in [6, 6.07) is 13.3. The minimum Gasteiger partial charge on any atom is -0.337 e. The number of nitrogens with one attached hydrogen (secondary N) is 1. The topological polar surface area (TPSA) is 49.4 Å². The third kappa shape index (κ3) is 4.82. The standard InChI is InChI=1S/C22H23FN2O2/c1-16-9-11-17(12-10-16)21(26)24-20(15-18-7-3-4-8-19(18)23)22(27)25-13-5-2-6-14-25/h3-4,7-12,15H,2,5-6,13-14H2,1H3,(H,24,26)/b20-15-. The number of halogens is 1. The number of carbonyl (C=O) groups is 2. The number of amides is 2. The van der Waals surface area contributed by atoms with Crippen molar-refractivity contribution in [2.24, 2.45) is 0 Å². The number of carbonyl (C=O) groups excluding carboxylic acids is 2. The Labute approximate surface area is 158 Å². The van der Waals surface area contributed by atoms with Crippen LogP contribution in [0.4, 0.5) is 4.39 Å². The smallest absolute Gasteiger partial charge is 0.270 e. The van der Waals surface area contributed by atoms with Crippen LogP contribution >= 0.6 is 0 Å². The molecule has 0 radical (unpaired) electrons. The first kappa shape index (κ1) is 18.8. The largest absolute Gasteiger partial charge is 0.337 e. The molecular weight excluding hydrogens is 343 g/mol. The van der Waals surface area contributed by atoms with E-state index in [-0.39, 0.29) is 23.1 Å². The van der Waals surface area contributed by atoms with Gasteiger partial charge in [-0.3, -0.25) is 9.59 Å². The van der Waals surface area contributed by atoms with Crippen LogP contribution in [0.5, 0.6) is 0 Å². The molecule has 2 aromatic carbocycles. The van der Waals surface area contributed by atoms with Gasteiger partial charge in [0.15, 0.2) is 0 Å². The molecule has 0 saturated carbocycles. The fourth-order valence-corrected chi connectivity index (χ4v) is 3.07. The minimum absolute atomic E-state index is 0.0903. The predicted octanol–water partition coefficient (Wildman–Crippen LogP) is 3.92. The fourth-order valence-electron chi connectivity index (χ4n) is 3.07. The van der Waals surface area contributed by atoms with E-state index in [0.717, 1.165) is 24.8 Å². The molecule has 0 unspecified atom stereocenters. The second-order valence-corrected chi connectivity index (χ2v) is 6.75. The molecule has 2 aromatic rings. The molecule has 1 aliphatic rings. The molecule has 27 heavy (non-hydrogen) atoms. The van der Waals surface area contributed by atoms with Gasteiger partial charge in [0.1, 0.15) is 11.5 Å². The van der Waals surface area contributed by atoms with Gasteiger partial charge < -0.3 is 10.2 Å². The molecule has 4 nitrogen and oxygen atoms in total. The maximum Gasteiger partial charge on any atom is 0.270 e. The van der Waals surface area contributed by atoms with Gasteiger partial charge in [-0.15, -0.1) is 0 Å². The Balaban J connectivity index is 1.89. The van der Waals surface area contributed by atoms with Crippen LogP contribution in [0, 0.1) is 12.7 Å². The van der Waals surface area contributed by atoms with Crippen LogP contribution in [0.15, 0.2) is 54.2 Å². The van der Waals surface area contributed by atoms with Crippen LogP contribution in [0.3, 0.4) is 0 Å². The maximum atomic E-state index is 14.1. The van der Waals surface area contributed by atoms with Crippen molar-refractivity contribution in [2.45, 2.75) is 26.2 Å². The Kier molecular flexibility index (Phi) is 6.01. The third-order valence-electron chi connectivity index (χ3n) is 4.64. The van der Waals surface area contributed by atoms with Gasteiger partial charge >= 0.3 is 0 Å². The van der Waals surface area contributed by atoms with Crippen LogP contribution in [-0.2, 0) is 4.79 Å². The molecule has 1 fully saturated rings. The Morgan fingerprint density at radius 2 is 1.67 bits per heavy atom. The third-order valence-corrected chi connectivity index (χ3v) is 4.64. The lowest BCUT2D eigenvalue weighted by molar-refractivity contribution is -0.128. The van der Waals surface area contributed by atoms with E-state index in [2.05, 4.69) is 5.32 Å². The van der Waals surface area contributed by atoms with Gasteiger partial charge in [-0.05, 0) is 50.5 Å². The van der Waals surface area contributed by atoms with Gasteiger partial charge in [-0.1, -0.05) is 35.9 Å². The van der Waals surface area contributed by atoms with Crippen molar-refractivity contribution in [2.75, 3.05) is 13.1 Å². The summed E-state index contributed by atoms with van der Waals surface area (Å²) >= 11 is 0.